The molecule has 1 aromatic heterocycles. The van der Waals surface area contributed by atoms with Crippen LogP contribution in [0.25, 0.3) is 0 Å². The van der Waals surface area contributed by atoms with Crippen molar-refractivity contribution in [2.45, 2.75) is 25.4 Å². The number of hydrogen-bond acceptors (Lipinski definition) is 6. The summed E-state index contributed by atoms with van der Waals surface area (Å²) in [6.45, 7) is 0.120. The molecule has 30 heavy (non-hydrogen) atoms. The molecule has 0 fully saturated rings. The first-order valence-corrected chi connectivity index (χ1v) is 9.57. The highest BCUT2D eigenvalue weighted by molar-refractivity contribution is 5.95. The third-order valence-electron chi connectivity index (χ3n) is 5.29. The van der Waals surface area contributed by atoms with Crippen LogP contribution in [0.4, 0.5) is 10.1 Å². The highest BCUT2D eigenvalue weighted by Crippen LogP contribution is 2.37. The van der Waals surface area contributed by atoms with Gasteiger partial charge in [0.1, 0.15) is 5.82 Å². The van der Waals surface area contributed by atoms with Gasteiger partial charge in [-0.25, -0.2) is 9.37 Å². The van der Waals surface area contributed by atoms with Gasteiger partial charge >= 0.3 is 0 Å². The Hall–Kier alpha value is -3.68. The lowest BCUT2D eigenvalue weighted by Crippen LogP contribution is -2.32. The number of benzene rings is 2. The number of carbonyl (C=O) groups excluding carboxylic acids is 1. The molecule has 0 aliphatic carbocycles. The van der Waals surface area contributed by atoms with Crippen LogP contribution in [0.5, 0.6) is 11.6 Å². The first-order chi connectivity index (χ1) is 14.4. The molecule has 0 bridgehead atoms. The summed E-state index contributed by atoms with van der Waals surface area (Å²) in [7, 11) is 1.91. The molecule has 1 aliphatic heterocycles. The van der Waals surface area contributed by atoms with E-state index >= 15 is 0 Å². The van der Waals surface area contributed by atoms with Crippen molar-refractivity contribution in [3.63, 3.8) is 0 Å². The lowest BCUT2D eigenvalue weighted by atomic mass is 9.96. The van der Waals surface area contributed by atoms with Crippen molar-refractivity contribution >= 4 is 11.6 Å². The molecule has 2 heterocycles. The minimum absolute atomic E-state index is 0.120. The van der Waals surface area contributed by atoms with Gasteiger partial charge in [-0.2, -0.15) is 4.98 Å². The quantitative estimate of drug-likeness (QED) is 0.614. The molecule has 1 unspecified atom stereocenters. The molecule has 1 atom stereocenters. The van der Waals surface area contributed by atoms with Gasteiger partial charge in [0.15, 0.2) is 11.5 Å². The van der Waals surface area contributed by atoms with Crippen molar-refractivity contribution < 1.29 is 19.4 Å². The number of para-hydroxylation sites is 1. The van der Waals surface area contributed by atoms with E-state index in [4.69, 9.17) is 0 Å². The predicted octanol–water partition coefficient (Wildman–Crippen LogP) is 3.08. The molecular formula is C22H21FN4O3. The fraction of sp³-hybridized carbons (Fsp3) is 0.227. The molecule has 0 saturated carbocycles. The molecule has 1 aliphatic rings. The Morgan fingerprint density at radius 1 is 1.17 bits per heavy atom. The standard InChI is InChI=1S/C22H21FN4O3/c1-27-16-5-3-2-4-14(16)8-11-17(27)20-25-18(19(28)22(30)26-20)21(29)24-12-13-6-9-15(23)10-7-13/h2-7,9-10,17,28H,8,11-12H2,1H3,(H,24,29)(H,25,26,30). The van der Waals surface area contributed by atoms with Crippen molar-refractivity contribution in [2.24, 2.45) is 0 Å². The van der Waals surface area contributed by atoms with Gasteiger partial charge in [-0.05, 0) is 42.2 Å². The minimum atomic E-state index is -0.672. The molecule has 3 N–H and O–H groups in total. The number of hydrogen-bond donors (Lipinski definition) is 3. The lowest BCUT2D eigenvalue weighted by Gasteiger charge is -2.35. The second-order valence-corrected chi connectivity index (χ2v) is 7.21. The summed E-state index contributed by atoms with van der Waals surface area (Å²) >= 11 is 0. The van der Waals surface area contributed by atoms with E-state index in [-0.39, 0.29) is 29.9 Å². The van der Waals surface area contributed by atoms with Crippen LogP contribution in [0.3, 0.4) is 0 Å². The second-order valence-electron chi connectivity index (χ2n) is 7.21. The third kappa shape index (κ3) is 3.76. The summed E-state index contributed by atoms with van der Waals surface area (Å²) in [5.74, 6) is -2.08. The molecule has 154 valence electrons. The summed E-state index contributed by atoms with van der Waals surface area (Å²) in [6.07, 6.45) is 1.51. The predicted molar refractivity (Wildman–Crippen MR) is 109 cm³/mol. The van der Waals surface area contributed by atoms with E-state index in [1.54, 1.807) is 12.1 Å². The van der Waals surface area contributed by atoms with Gasteiger partial charge in [0.2, 0.25) is 5.75 Å². The van der Waals surface area contributed by atoms with Crippen molar-refractivity contribution in [3.05, 3.63) is 77.0 Å². The number of halogens is 1. The van der Waals surface area contributed by atoms with Gasteiger partial charge in [-0.1, -0.05) is 30.3 Å². The van der Waals surface area contributed by atoms with E-state index in [2.05, 4.69) is 21.4 Å². The summed E-state index contributed by atoms with van der Waals surface area (Å²) in [5.41, 5.74) is 2.63. The first kappa shape index (κ1) is 19.6. The van der Waals surface area contributed by atoms with Gasteiger partial charge in [-0.15, -0.1) is 0 Å². The molecule has 8 heteroatoms. The summed E-state index contributed by atoms with van der Waals surface area (Å²) in [5, 5.41) is 22.9. The number of aryl methyl sites for hydroxylation is 1. The first-order valence-electron chi connectivity index (χ1n) is 9.57. The Morgan fingerprint density at radius 3 is 2.67 bits per heavy atom. The number of aromatic nitrogens is 2. The maximum absolute atomic E-state index is 13.0. The molecule has 1 amide bonds. The minimum Gasteiger partial charge on any atom is -0.501 e. The van der Waals surface area contributed by atoms with E-state index < -0.39 is 17.5 Å². The molecular weight excluding hydrogens is 387 g/mol. The molecule has 0 saturated heterocycles. The van der Waals surface area contributed by atoms with Gasteiger partial charge < -0.3 is 20.4 Å². The van der Waals surface area contributed by atoms with Crippen molar-refractivity contribution in [1.29, 1.82) is 0 Å². The maximum atomic E-state index is 13.0. The highest BCUT2D eigenvalue weighted by atomic mass is 19.1. The molecule has 0 spiro atoms. The smallest absolute Gasteiger partial charge is 0.274 e. The molecule has 4 rings (SSSR count). The Morgan fingerprint density at radius 2 is 1.90 bits per heavy atom. The van der Waals surface area contributed by atoms with Crippen molar-refractivity contribution in [2.75, 3.05) is 11.9 Å². The lowest BCUT2D eigenvalue weighted by molar-refractivity contribution is 0.0941. The van der Waals surface area contributed by atoms with E-state index in [0.717, 1.165) is 12.1 Å². The Balaban J connectivity index is 1.58. The summed E-state index contributed by atoms with van der Waals surface area (Å²) in [4.78, 5) is 22.9. The van der Waals surface area contributed by atoms with Gasteiger partial charge in [0.25, 0.3) is 11.8 Å². The Labute approximate surface area is 172 Å². The fourth-order valence-corrected chi connectivity index (χ4v) is 3.66. The van der Waals surface area contributed by atoms with Crippen LogP contribution >= 0.6 is 0 Å². The average molecular weight is 408 g/mol. The Bertz CT molecular complexity index is 1090. The third-order valence-corrected chi connectivity index (χ3v) is 5.29. The number of amides is 1. The normalized spacial score (nSPS) is 15.5. The number of aromatic hydroxyl groups is 2. The number of anilines is 1. The zero-order valence-corrected chi connectivity index (χ0v) is 16.3. The monoisotopic (exact) mass is 408 g/mol. The SMILES string of the molecule is CN1c2ccccc2CCC1c1nc(O)c(O)c(C(=O)NCc2ccc(F)cc2)n1. The van der Waals surface area contributed by atoms with Crippen LogP contribution in [-0.2, 0) is 13.0 Å². The number of nitrogens with zero attached hydrogens (tertiary/aromatic N) is 3. The molecule has 7 nitrogen and oxygen atoms in total. The fourth-order valence-electron chi connectivity index (χ4n) is 3.66. The van der Waals surface area contributed by atoms with Gasteiger partial charge in [-0.3, -0.25) is 4.79 Å². The zero-order chi connectivity index (χ0) is 21.3. The number of rotatable bonds is 4. The number of fused-ring (bicyclic) bond motifs is 1. The second kappa shape index (κ2) is 7.98. The van der Waals surface area contributed by atoms with E-state index in [1.165, 1.54) is 17.7 Å². The van der Waals surface area contributed by atoms with Crippen LogP contribution in [0.15, 0.2) is 48.5 Å². The van der Waals surface area contributed by atoms with E-state index in [1.807, 2.05) is 30.1 Å². The largest absolute Gasteiger partial charge is 0.501 e. The van der Waals surface area contributed by atoms with Crippen LogP contribution in [0.2, 0.25) is 0 Å². The molecule has 3 aromatic rings. The van der Waals surface area contributed by atoms with Crippen LogP contribution in [0.1, 0.15) is 39.9 Å². The summed E-state index contributed by atoms with van der Waals surface area (Å²) < 4.78 is 13.0. The highest BCUT2D eigenvalue weighted by Gasteiger charge is 2.29. The summed E-state index contributed by atoms with van der Waals surface area (Å²) in [6, 6.07) is 13.4. The zero-order valence-electron chi connectivity index (χ0n) is 16.3. The van der Waals surface area contributed by atoms with Crippen molar-refractivity contribution in [3.8, 4) is 11.6 Å². The number of nitrogens with one attached hydrogen (secondary N) is 1. The van der Waals surface area contributed by atoms with Crippen LogP contribution < -0.4 is 10.2 Å². The molecule has 0 radical (unpaired) electrons. The van der Waals surface area contributed by atoms with Crippen LogP contribution in [0, 0.1) is 5.82 Å². The topological polar surface area (TPSA) is 98.6 Å². The van der Waals surface area contributed by atoms with E-state index in [0.29, 0.717) is 12.0 Å². The number of carbonyl (C=O) groups is 1. The van der Waals surface area contributed by atoms with Crippen molar-refractivity contribution in [1.82, 2.24) is 15.3 Å². The molecule has 2 aromatic carbocycles. The van der Waals surface area contributed by atoms with Crippen LogP contribution in [-0.4, -0.2) is 33.1 Å². The average Bonchev–Trinajstić information content (AvgIpc) is 2.75. The van der Waals surface area contributed by atoms with Gasteiger partial charge in [0.05, 0.1) is 6.04 Å². The van der Waals surface area contributed by atoms with E-state index in [9.17, 15) is 19.4 Å². The Kier molecular flexibility index (Phi) is 5.22. The maximum Gasteiger partial charge on any atom is 0.274 e. The van der Waals surface area contributed by atoms with Gasteiger partial charge in [0, 0.05) is 19.3 Å².